The first-order valence-electron chi connectivity index (χ1n) is 19.8. The number of Topliss-reactive ketones (excluding diaryl/α,β-unsaturated/α-hetero) is 1. The lowest BCUT2D eigenvalue weighted by Gasteiger charge is -2.36. The Balaban J connectivity index is 1.17. The maximum absolute atomic E-state index is 13.8. The number of methoxy groups -OCH3 is 2. The van der Waals surface area contributed by atoms with Crippen molar-refractivity contribution in [3.8, 4) is 22.6 Å². The van der Waals surface area contributed by atoms with Crippen LogP contribution in [0.3, 0.4) is 0 Å². The van der Waals surface area contributed by atoms with Crippen LogP contribution in [-0.2, 0) is 21.9 Å². The molecule has 13 heteroatoms. The maximum Gasteiger partial charge on any atom is 0.255 e. The monoisotopic (exact) mass is 821 g/mol. The largest absolute Gasteiger partial charge is 0.496 e. The number of hydrogen-bond acceptors (Lipinski definition) is 10. The van der Waals surface area contributed by atoms with Gasteiger partial charge >= 0.3 is 0 Å². The van der Waals surface area contributed by atoms with Gasteiger partial charge < -0.3 is 24.8 Å². The fraction of sp³-hybridized carbons (Fsp3) is 0.391. The Bertz CT molecular complexity index is 2490. The van der Waals surface area contributed by atoms with E-state index in [-0.39, 0.29) is 28.5 Å². The van der Waals surface area contributed by atoms with Crippen LogP contribution in [0.1, 0.15) is 96.1 Å². The zero-order chi connectivity index (χ0) is 42.7. The molecule has 6 rings (SSSR count). The Morgan fingerprint density at radius 1 is 0.949 bits per heavy atom. The highest BCUT2D eigenvalue weighted by molar-refractivity contribution is 7.92. The third-order valence-electron chi connectivity index (χ3n) is 11.0. The highest BCUT2D eigenvalue weighted by Gasteiger charge is 2.31. The van der Waals surface area contributed by atoms with Crippen molar-refractivity contribution >= 4 is 44.0 Å². The number of nitrogens with one attached hydrogen (secondary N) is 2. The van der Waals surface area contributed by atoms with Gasteiger partial charge in [-0.3, -0.25) is 14.3 Å². The molecule has 1 aliphatic rings. The molecule has 1 fully saturated rings. The molecule has 2 heterocycles. The number of amides is 1. The number of anilines is 2. The predicted octanol–water partition coefficient (Wildman–Crippen LogP) is 7.94. The highest BCUT2D eigenvalue weighted by atomic mass is 32.2. The molecule has 0 bridgehead atoms. The number of piperidine rings is 1. The van der Waals surface area contributed by atoms with Gasteiger partial charge in [-0.2, -0.15) is 0 Å². The molecule has 312 valence electrons. The van der Waals surface area contributed by atoms with Gasteiger partial charge in [-0.1, -0.05) is 39.0 Å². The van der Waals surface area contributed by atoms with Crippen molar-refractivity contribution < 1.29 is 32.6 Å². The average Bonchev–Trinajstić information content (AvgIpc) is 3.18. The van der Waals surface area contributed by atoms with Crippen LogP contribution < -0.4 is 19.5 Å². The lowest BCUT2D eigenvalue weighted by molar-refractivity contribution is -0.0236. The summed E-state index contributed by atoms with van der Waals surface area (Å²) in [5.41, 5.74) is 5.66. The fourth-order valence-electron chi connectivity index (χ4n) is 7.50. The van der Waals surface area contributed by atoms with Crippen molar-refractivity contribution in [2.45, 2.75) is 77.2 Å². The van der Waals surface area contributed by atoms with Gasteiger partial charge in [0, 0.05) is 43.1 Å². The number of rotatable bonds is 14. The van der Waals surface area contributed by atoms with Crippen LogP contribution in [0.2, 0.25) is 0 Å². The van der Waals surface area contributed by atoms with Crippen molar-refractivity contribution in [2.24, 2.45) is 0 Å². The SMILES string of the molecule is COc1cc(Cc2ncc3cc(-c4cc(C(=O)Nc5cc(C(C)(C)C)cc(NS(C)(=O)=O)c5OC)ccc4C)ccc3n2)ccc1C(=O)CCCC1(O)CCN(C)CC1. The molecule has 59 heavy (non-hydrogen) atoms. The number of benzene rings is 4. The minimum atomic E-state index is -3.63. The van der Waals surface area contributed by atoms with Gasteiger partial charge in [0.2, 0.25) is 10.0 Å². The Hall–Kier alpha value is -5.37. The van der Waals surface area contributed by atoms with Crippen LogP contribution >= 0.6 is 0 Å². The summed E-state index contributed by atoms with van der Waals surface area (Å²) < 4.78 is 38.2. The van der Waals surface area contributed by atoms with Crippen molar-refractivity contribution in [3.05, 3.63) is 107 Å². The van der Waals surface area contributed by atoms with Crippen LogP contribution in [0.15, 0.2) is 72.9 Å². The van der Waals surface area contributed by atoms with Crippen molar-refractivity contribution in [3.63, 3.8) is 0 Å². The van der Waals surface area contributed by atoms with E-state index in [0.717, 1.165) is 70.9 Å². The number of carbonyl (C=O) groups excluding carboxylic acids is 2. The number of sulfonamides is 1. The standard InChI is InChI=1S/C46H55N5O7S/c1-29-11-13-32(44(53)49-38-26-34(45(2,3)4)27-39(43(38)58-7)50-59(8,55)56)25-36(29)31-14-16-37-33(24-31)28-47-42(48-37)23-30-12-15-35(41(22-30)57-6)40(52)10-9-17-46(54)18-20-51(5)21-19-46/h11-16,22,24-28,50,54H,9-10,17-21,23H2,1-8H3,(H,49,53). The molecule has 0 atom stereocenters. The van der Waals surface area contributed by atoms with Crippen molar-refractivity contribution in [1.29, 1.82) is 0 Å². The average molecular weight is 822 g/mol. The lowest BCUT2D eigenvalue weighted by atomic mass is 9.86. The third-order valence-corrected chi connectivity index (χ3v) is 11.6. The highest BCUT2D eigenvalue weighted by Crippen LogP contribution is 2.40. The quantitative estimate of drug-likeness (QED) is 0.0939. The third kappa shape index (κ3) is 10.6. The summed E-state index contributed by atoms with van der Waals surface area (Å²) in [5.74, 6) is 0.941. The summed E-state index contributed by atoms with van der Waals surface area (Å²) in [6.07, 6.45) is 6.32. The smallest absolute Gasteiger partial charge is 0.255 e. The van der Waals surface area contributed by atoms with Crippen LogP contribution in [0.25, 0.3) is 22.0 Å². The Kier molecular flexibility index (Phi) is 12.8. The normalized spacial score (nSPS) is 14.5. The Morgan fingerprint density at radius 3 is 2.36 bits per heavy atom. The van der Waals surface area contributed by atoms with Crippen LogP contribution in [0, 0.1) is 6.92 Å². The van der Waals surface area contributed by atoms with E-state index in [1.165, 1.54) is 7.11 Å². The molecule has 5 aromatic rings. The number of aromatic nitrogens is 2. The number of hydrogen-bond donors (Lipinski definition) is 3. The molecular formula is C46H55N5O7S. The van der Waals surface area contributed by atoms with E-state index in [4.69, 9.17) is 14.5 Å². The number of fused-ring (bicyclic) bond motifs is 1. The molecule has 0 radical (unpaired) electrons. The number of nitrogens with zero attached hydrogens (tertiary/aromatic N) is 3. The second kappa shape index (κ2) is 17.5. The second-order valence-electron chi connectivity index (χ2n) is 16.8. The molecule has 12 nitrogen and oxygen atoms in total. The second-order valence-corrected chi connectivity index (χ2v) is 18.5. The summed E-state index contributed by atoms with van der Waals surface area (Å²) in [4.78, 5) is 38.7. The first kappa shape index (κ1) is 43.2. The van der Waals surface area contributed by atoms with Gasteiger partial charge in [-0.05, 0) is 121 Å². The van der Waals surface area contributed by atoms with E-state index in [0.29, 0.717) is 54.1 Å². The summed E-state index contributed by atoms with van der Waals surface area (Å²) in [6.45, 7) is 9.71. The number of ether oxygens (including phenoxy) is 2. The number of likely N-dealkylation sites (tertiary alicyclic amines) is 1. The molecule has 1 aliphatic heterocycles. The van der Waals surface area contributed by atoms with E-state index in [1.54, 1.807) is 37.6 Å². The molecule has 0 spiro atoms. The summed E-state index contributed by atoms with van der Waals surface area (Å²) in [7, 11) is 1.42. The molecule has 0 unspecified atom stereocenters. The van der Waals surface area contributed by atoms with Gasteiger partial charge in [0.05, 0.1) is 48.5 Å². The molecule has 1 saturated heterocycles. The van der Waals surface area contributed by atoms with Gasteiger partial charge in [0.25, 0.3) is 5.91 Å². The summed E-state index contributed by atoms with van der Waals surface area (Å²) in [5, 5.41) is 14.7. The number of ketones is 1. The van der Waals surface area contributed by atoms with Gasteiger partial charge in [-0.25, -0.2) is 18.4 Å². The van der Waals surface area contributed by atoms with Crippen molar-refractivity contribution in [1.82, 2.24) is 14.9 Å². The molecular weight excluding hydrogens is 767 g/mol. The van der Waals surface area contributed by atoms with E-state index in [2.05, 4.69) is 27.0 Å². The van der Waals surface area contributed by atoms with Gasteiger partial charge in [-0.15, -0.1) is 0 Å². The minimum Gasteiger partial charge on any atom is -0.496 e. The van der Waals surface area contributed by atoms with Gasteiger partial charge in [0.15, 0.2) is 11.5 Å². The van der Waals surface area contributed by atoms with Gasteiger partial charge in [0.1, 0.15) is 11.6 Å². The topological polar surface area (TPSA) is 160 Å². The molecule has 0 aliphatic carbocycles. The van der Waals surface area contributed by atoms with Crippen molar-refractivity contribution in [2.75, 3.05) is 50.7 Å². The van der Waals surface area contributed by atoms with E-state index in [1.807, 2.05) is 70.2 Å². The summed E-state index contributed by atoms with van der Waals surface area (Å²) in [6, 6.07) is 20.5. The fourth-order valence-corrected chi connectivity index (χ4v) is 8.05. The van der Waals surface area contributed by atoms with Crippen LogP contribution in [-0.4, -0.2) is 86.3 Å². The van der Waals surface area contributed by atoms with Crippen LogP contribution in [0.5, 0.6) is 11.5 Å². The Labute approximate surface area is 347 Å². The Morgan fingerprint density at radius 2 is 1.68 bits per heavy atom. The molecule has 1 aromatic heterocycles. The number of aryl methyl sites for hydroxylation is 1. The van der Waals surface area contributed by atoms with E-state index < -0.39 is 15.6 Å². The first-order chi connectivity index (χ1) is 27.8. The first-order valence-corrected chi connectivity index (χ1v) is 21.7. The zero-order valence-corrected chi connectivity index (χ0v) is 36.0. The molecule has 3 N–H and O–H groups in total. The molecule has 1 amide bonds. The number of carbonyl (C=O) groups is 2. The molecule has 0 saturated carbocycles. The lowest BCUT2D eigenvalue weighted by Crippen LogP contribution is -2.42. The van der Waals surface area contributed by atoms with Crippen LogP contribution in [0.4, 0.5) is 11.4 Å². The predicted molar refractivity (Wildman–Crippen MR) is 233 cm³/mol. The van der Waals surface area contributed by atoms with E-state index in [9.17, 15) is 23.1 Å². The molecule has 4 aromatic carbocycles. The summed E-state index contributed by atoms with van der Waals surface area (Å²) >= 11 is 0. The zero-order valence-electron chi connectivity index (χ0n) is 35.2. The minimum absolute atomic E-state index is 0.00622. The van der Waals surface area contributed by atoms with E-state index >= 15 is 0 Å². The maximum atomic E-state index is 13.8. The number of aliphatic hydroxyl groups is 1.